The lowest BCUT2D eigenvalue weighted by atomic mass is 10.1. The van der Waals surface area contributed by atoms with Gasteiger partial charge in [0.1, 0.15) is 17.0 Å². The summed E-state index contributed by atoms with van der Waals surface area (Å²) in [7, 11) is 0. The van der Waals surface area contributed by atoms with Crippen molar-refractivity contribution in [2.45, 2.75) is 17.8 Å². The van der Waals surface area contributed by atoms with E-state index in [-0.39, 0.29) is 11.6 Å². The van der Waals surface area contributed by atoms with Gasteiger partial charge in [-0.15, -0.1) is 11.8 Å². The van der Waals surface area contributed by atoms with Crippen molar-refractivity contribution in [3.8, 4) is 0 Å². The third-order valence-corrected chi connectivity index (χ3v) is 5.55. The predicted molar refractivity (Wildman–Crippen MR) is 97.4 cm³/mol. The van der Waals surface area contributed by atoms with Gasteiger partial charge in [-0.1, -0.05) is 6.07 Å². The van der Waals surface area contributed by atoms with Gasteiger partial charge in [-0.3, -0.25) is 4.98 Å². The zero-order valence-electron chi connectivity index (χ0n) is 13.5. The van der Waals surface area contributed by atoms with Crippen LogP contribution in [0.5, 0.6) is 0 Å². The fraction of sp³-hybridized carbons (Fsp3) is 0.278. The first-order valence-electron chi connectivity index (χ1n) is 8.14. The second-order valence-electron chi connectivity index (χ2n) is 6.18. The summed E-state index contributed by atoms with van der Waals surface area (Å²) < 4.78 is 28.6. The van der Waals surface area contributed by atoms with E-state index < -0.39 is 17.0 Å². The molecule has 1 aromatic carbocycles. The third-order valence-electron chi connectivity index (χ3n) is 4.55. The minimum Gasteiger partial charge on any atom is -0.368 e. The van der Waals surface area contributed by atoms with Crippen LogP contribution in [-0.4, -0.2) is 24.1 Å². The first kappa shape index (κ1) is 16.4. The van der Waals surface area contributed by atoms with Gasteiger partial charge in [0.2, 0.25) is 0 Å². The minimum absolute atomic E-state index is 0.0606. The maximum Gasteiger partial charge on any atom is 0.132 e. The van der Waals surface area contributed by atoms with Crippen molar-refractivity contribution in [1.29, 1.82) is 0 Å². The summed E-state index contributed by atoms with van der Waals surface area (Å²) in [5.74, 6) is -1.08. The van der Waals surface area contributed by atoms with E-state index in [4.69, 9.17) is 5.73 Å². The molecule has 1 fully saturated rings. The molecule has 4 rings (SSSR count). The van der Waals surface area contributed by atoms with Gasteiger partial charge in [-0.2, -0.15) is 0 Å². The number of hydrogen-bond donors (Lipinski definition) is 1. The van der Waals surface area contributed by atoms with Crippen LogP contribution in [0.15, 0.2) is 48.3 Å². The molecule has 25 heavy (non-hydrogen) atoms. The highest BCUT2D eigenvalue weighted by Gasteiger charge is 2.31. The van der Waals surface area contributed by atoms with E-state index in [1.54, 1.807) is 12.4 Å². The molecule has 130 valence electrons. The molecule has 0 bridgehead atoms. The molecule has 2 N–H and O–H groups in total. The first-order chi connectivity index (χ1) is 12.1. The van der Waals surface area contributed by atoms with Gasteiger partial charge in [0.15, 0.2) is 0 Å². The van der Waals surface area contributed by atoms with Crippen molar-refractivity contribution in [3.05, 3.63) is 65.5 Å². The molecule has 4 nitrogen and oxygen atoms in total. The molecule has 2 atom stereocenters. The van der Waals surface area contributed by atoms with Crippen LogP contribution in [-0.2, 0) is 0 Å². The van der Waals surface area contributed by atoms with Crippen LogP contribution in [0.1, 0.15) is 17.4 Å². The van der Waals surface area contributed by atoms with Crippen molar-refractivity contribution in [2.24, 2.45) is 5.73 Å². The summed E-state index contributed by atoms with van der Waals surface area (Å²) >= 11 is 1.37. The van der Waals surface area contributed by atoms with Crippen LogP contribution >= 0.6 is 11.8 Å². The van der Waals surface area contributed by atoms with Crippen LogP contribution in [0.25, 0.3) is 0 Å². The van der Waals surface area contributed by atoms with Crippen molar-refractivity contribution in [1.82, 2.24) is 4.98 Å². The Balaban J connectivity index is 1.73. The van der Waals surface area contributed by atoms with Crippen LogP contribution in [0.3, 0.4) is 0 Å². The maximum atomic E-state index is 14.3. The highest BCUT2D eigenvalue weighted by atomic mass is 32.2. The highest BCUT2D eigenvalue weighted by Crippen LogP contribution is 2.46. The summed E-state index contributed by atoms with van der Waals surface area (Å²) in [5, 5.41) is 1.35. The second-order valence-corrected chi connectivity index (χ2v) is 7.17. The summed E-state index contributed by atoms with van der Waals surface area (Å²) in [5.41, 5.74) is 7.90. The minimum atomic E-state index is -0.542. The molecule has 1 saturated heterocycles. The molecule has 0 spiro atoms. The smallest absolute Gasteiger partial charge is 0.132 e. The number of nitrogens with two attached hydrogens (primary N) is 1. The number of nitrogens with zero attached hydrogens (tertiary/aromatic N) is 3. The van der Waals surface area contributed by atoms with Crippen LogP contribution in [0.4, 0.5) is 20.2 Å². The normalized spacial score (nSPS) is 22.8. The topological polar surface area (TPSA) is 45.4 Å². The lowest BCUT2D eigenvalue weighted by Gasteiger charge is -2.30. The Morgan fingerprint density at radius 2 is 1.96 bits per heavy atom. The summed E-state index contributed by atoms with van der Waals surface area (Å²) in [6.07, 6.45) is 6.24. The zero-order chi connectivity index (χ0) is 17.4. The predicted octanol–water partition coefficient (Wildman–Crippen LogP) is 3.62. The van der Waals surface area contributed by atoms with E-state index in [1.807, 2.05) is 22.6 Å². The molecule has 2 aliphatic rings. The summed E-state index contributed by atoms with van der Waals surface area (Å²) in [6.45, 7) is 1.63. The number of anilines is 2. The molecule has 0 saturated carbocycles. The first-order valence-corrected chi connectivity index (χ1v) is 9.08. The molecule has 7 heteroatoms. The monoisotopic (exact) mass is 360 g/mol. The molecule has 3 heterocycles. The van der Waals surface area contributed by atoms with Crippen LogP contribution in [0.2, 0.25) is 0 Å². The Bertz CT molecular complexity index is 793. The summed E-state index contributed by atoms with van der Waals surface area (Å²) in [4.78, 5) is 8.30. The molecule has 2 aromatic rings. The number of thioether (sulfide) groups is 1. The SMILES string of the molecule is NC1CCN(c2ccncc2N2C=CS[C@H]2c2c(F)cccc2F)C1. The maximum absolute atomic E-state index is 14.3. The van der Waals surface area contributed by atoms with Crippen LogP contribution < -0.4 is 15.5 Å². The van der Waals surface area contributed by atoms with Gasteiger partial charge in [0.25, 0.3) is 0 Å². The molecule has 1 unspecified atom stereocenters. The molecule has 2 aliphatic heterocycles. The van der Waals surface area contributed by atoms with Crippen molar-refractivity contribution < 1.29 is 8.78 Å². The highest BCUT2D eigenvalue weighted by molar-refractivity contribution is 8.02. The quantitative estimate of drug-likeness (QED) is 0.906. The van der Waals surface area contributed by atoms with Gasteiger partial charge in [0, 0.05) is 31.5 Å². The zero-order valence-corrected chi connectivity index (χ0v) is 14.3. The molecular weight excluding hydrogens is 342 g/mol. The molecule has 0 amide bonds. The summed E-state index contributed by atoms with van der Waals surface area (Å²) in [6, 6.07) is 6.04. The fourth-order valence-electron chi connectivity index (χ4n) is 3.33. The van der Waals surface area contributed by atoms with E-state index in [0.717, 1.165) is 30.9 Å². The number of rotatable bonds is 3. The lowest BCUT2D eigenvalue weighted by Crippen LogP contribution is -2.28. The number of halogens is 2. The molecule has 1 aromatic heterocycles. The van der Waals surface area contributed by atoms with Crippen molar-refractivity contribution in [3.63, 3.8) is 0 Å². The molecule has 0 aliphatic carbocycles. The van der Waals surface area contributed by atoms with Gasteiger partial charge >= 0.3 is 0 Å². The lowest BCUT2D eigenvalue weighted by molar-refractivity contribution is 0.554. The second kappa shape index (κ2) is 6.65. The van der Waals surface area contributed by atoms with E-state index in [9.17, 15) is 8.78 Å². The average molecular weight is 360 g/mol. The number of aromatic nitrogens is 1. The average Bonchev–Trinajstić information content (AvgIpc) is 3.24. The van der Waals surface area contributed by atoms with E-state index >= 15 is 0 Å². The number of hydrogen-bond acceptors (Lipinski definition) is 5. The Morgan fingerprint density at radius 3 is 2.68 bits per heavy atom. The Morgan fingerprint density at radius 1 is 1.16 bits per heavy atom. The Labute approximate surface area is 149 Å². The largest absolute Gasteiger partial charge is 0.368 e. The third kappa shape index (κ3) is 2.98. The van der Waals surface area contributed by atoms with Gasteiger partial charge < -0.3 is 15.5 Å². The van der Waals surface area contributed by atoms with E-state index in [1.165, 1.54) is 30.0 Å². The van der Waals surface area contributed by atoms with Crippen molar-refractivity contribution in [2.75, 3.05) is 22.9 Å². The molecular formula is C18H18F2N4S. The van der Waals surface area contributed by atoms with Gasteiger partial charge in [-0.05, 0) is 30.0 Å². The van der Waals surface area contributed by atoms with Crippen molar-refractivity contribution >= 4 is 23.1 Å². The Kier molecular flexibility index (Phi) is 4.35. The number of benzene rings is 1. The van der Waals surface area contributed by atoms with Crippen LogP contribution in [0, 0.1) is 11.6 Å². The van der Waals surface area contributed by atoms with E-state index in [0.29, 0.717) is 0 Å². The van der Waals surface area contributed by atoms with E-state index in [2.05, 4.69) is 9.88 Å². The fourth-order valence-corrected chi connectivity index (χ4v) is 4.36. The Hall–Kier alpha value is -2.12. The number of pyridine rings is 1. The van der Waals surface area contributed by atoms with Gasteiger partial charge in [0.05, 0.1) is 23.1 Å². The molecule has 0 radical (unpaired) electrons. The van der Waals surface area contributed by atoms with Gasteiger partial charge in [-0.25, -0.2) is 8.78 Å². The standard InChI is InChI=1S/C18H18F2N4S/c19-13-2-1-3-14(20)17(13)18-24(8-9-25-18)16-10-22-6-4-15(16)23-7-5-12(21)11-23/h1-4,6,8-10,12,18H,5,7,11,21H2/t12?,18-/m0/s1.